The molecule has 11 heavy (non-hydrogen) atoms. The minimum absolute atomic E-state index is 0.907. The van der Waals surface area contributed by atoms with Crippen molar-refractivity contribution in [3.63, 3.8) is 0 Å². The Bertz CT molecular complexity index is 61.1. The highest BCUT2D eigenvalue weighted by Crippen LogP contribution is 1.95. The van der Waals surface area contributed by atoms with E-state index in [9.17, 15) is 0 Å². The minimum atomic E-state index is 0.907. The molecule has 0 unspecified atom stereocenters. The molecule has 0 aliphatic rings. The summed E-state index contributed by atoms with van der Waals surface area (Å²) in [7, 11) is 4.82. The first-order chi connectivity index (χ1) is 5.41. The van der Waals surface area contributed by atoms with E-state index < -0.39 is 0 Å². The molecule has 0 rings (SSSR count). The standard InChI is InChI=1S/C8H19BO2/c1-10-7-3-5-9-6-4-8-11-2/h9H,3-8H2,1-2H3. The molecule has 2 nitrogen and oxygen atoms in total. The maximum Gasteiger partial charge on any atom is 0.120 e. The number of hydrogen-bond acceptors (Lipinski definition) is 2. The van der Waals surface area contributed by atoms with Gasteiger partial charge in [-0.15, -0.1) is 0 Å². The van der Waals surface area contributed by atoms with E-state index >= 15 is 0 Å². The van der Waals surface area contributed by atoms with Gasteiger partial charge in [0.2, 0.25) is 0 Å². The largest absolute Gasteiger partial charge is 0.385 e. The molecule has 0 saturated heterocycles. The summed E-state index contributed by atoms with van der Waals surface area (Å²) in [5, 5.41) is 0. The molecule has 0 fully saturated rings. The second-order valence-electron chi connectivity index (χ2n) is 2.75. The molecule has 0 amide bonds. The Balaban J connectivity index is 2.69. The summed E-state index contributed by atoms with van der Waals surface area (Å²) < 4.78 is 9.89. The van der Waals surface area contributed by atoms with E-state index in [0.29, 0.717) is 0 Å². The summed E-state index contributed by atoms with van der Waals surface area (Å²) in [5.74, 6) is 0. The number of rotatable bonds is 8. The lowest BCUT2D eigenvalue weighted by Crippen LogP contribution is -1.96. The lowest BCUT2D eigenvalue weighted by molar-refractivity contribution is 0.197. The summed E-state index contributed by atoms with van der Waals surface area (Å²) in [6.07, 6.45) is 4.97. The molecular weight excluding hydrogens is 139 g/mol. The van der Waals surface area contributed by atoms with Gasteiger partial charge >= 0.3 is 0 Å². The van der Waals surface area contributed by atoms with E-state index in [4.69, 9.17) is 9.47 Å². The maximum absolute atomic E-state index is 4.94. The molecule has 0 saturated carbocycles. The van der Waals surface area contributed by atoms with Crippen LogP contribution in [-0.4, -0.2) is 34.7 Å². The molecule has 0 heterocycles. The van der Waals surface area contributed by atoms with Crippen LogP contribution in [0.25, 0.3) is 0 Å². The van der Waals surface area contributed by atoms with Crippen LogP contribution in [0.15, 0.2) is 0 Å². The third-order valence-electron chi connectivity index (χ3n) is 1.70. The number of ether oxygens (including phenoxy) is 2. The molecule has 0 bridgehead atoms. The summed E-state index contributed by atoms with van der Waals surface area (Å²) in [6.45, 7) is 1.81. The first-order valence-electron chi connectivity index (χ1n) is 4.39. The van der Waals surface area contributed by atoms with Crippen molar-refractivity contribution in [2.75, 3.05) is 27.4 Å². The zero-order chi connectivity index (χ0) is 8.36. The van der Waals surface area contributed by atoms with Gasteiger partial charge in [-0.3, -0.25) is 0 Å². The molecule has 0 aromatic carbocycles. The van der Waals surface area contributed by atoms with Crippen molar-refractivity contribution >= 4 is 7.28 Å². The minimum Gasteiger partial charge on any atom is -0.385 e. The van der Waals surface area contributed by atoms with Gasteiger partial charge in [0, 0.05) is 27.4 Å². The van der Waals surface area contributed by atoms with Crippen molar-refractivity contribution in [3.8, 4) is 0 Å². The van der Waals surface area contributed by atoms with Gasteiger partial charge in [0.05, 0.1) is 0 Å². The van der Waals surface area contributed by atoms with E-state index in [1.165, 1.54) is 32.8 Å². The van der Waals surface area contributed by atoms with Crippen LogP contribution in [0.3, 0.4) is 0 Å². The normalized spacial score (nSPS) is 10.0. The van der Waals surface area contributed by atoms with Crippen LogP contribution in [-0.2, 0) is 9.47 Å². The highest BCUT2D eigenvalue weighted by molar-refractivity contribution is 6.35. The smallest absolute Gasteiger partial charge is 0.120 e. The topological polar surface area (TPSA) is 18.5 Å². The summed E-state index contributed by atoms with van der Waals surface area (Å²) >= 11 is 0. The van der Waals surface area contributed by atoms with Crippen molar-refractivity contribution in [2.24, 2.45) is 0 Å². The van der Waals surface area contributed by atoms with Crippen molar-refractivity contribution in [1.82, 2.24) is 0 Å². The van der Waals surface area contributed by atoms with Crippen LogP contribution in [0.5, 0.6) is 0 Å². The summed E-state index contributed by atoms with van der Waals surface area (Å²) in [5.41, 5.74) is 0. The zero-order valence-corrected chi connectivity index (χ0v) is 7.77. The Morgan fingerprint density at radius 2 is 1.36 bits per heavy atom. The van der Waals surface area contributed by atoms with Gasteiger partial charge in [0.25, 0.3) is 0 Å². The van der Waals surface area contributed by atoms with Crippen molar-refractivity contribution in [1.29, 1.82) is 0 Å². The van der Waals surface area contributed by atoms with Crippen LogP contribution in [0.1, 0.15) is 12.8 Å². The van der Waals surface area contributed by atoms with E-state index in [2.05, 4.69) is 0 Å². The second-order valence-corrected chi connectivity index (χ2v) is 2.75. The van der Waals surface area contributed by atoms with Gasteiger partial charge in [-0.25, -0.2) is 0 Å². The predicted molar refractivity (Wildman–Crippen MR) is 49.7 cm³/mol. The highest BCUT2D eigenvalue weighted by atomic mass is 16.5. The first-order valence-corrected chi connectivity index (χ1v) is 4.39. The third-order valence-corrected chi connectivity index (χ3v) is 1.70. The van der Waals surface area contributed by atoms with E-state index in [1.807, 2.05) is 0 Å². The summed E-state index contributed by atoms with van der Waals surface area (Å²) in [6, 6.07) is 0. The Morgan fingerprint density at radius 3 is 1.73 bits per heavy atom. The molecule has 0 atom stereocenters. The Kier molecular flexibility index (Phi) is 9.97. The van der Waals surface area contributed by atoms with Gasteiger partial charge < -0.3 is 9.47 Å². The lowest BCUT2D eigenvalue weighted by atomic mass is 9.69. The third kappa shape index (κ3) is 9.98. The molecule has 0 radical (unpaired) electrons. The Morgan fingerprint density at radius 1 is 0.909 bits per heavy atom. The summed E-state index contributed by atoms with van der Waals surface area (Å²) in [4.78, 5) is 0. The number of hydrogen-bond donors (Lipinski definition) is 0. The van der Waals surface area contributed by atoms with Crippen LogP contribution < -0.4 is 0 Å². The van der Waals surface area contributed by atoms with E-state index in [1.54, 1.807) is 14.2 Å². The van der Waals surface area contributed by atoms with Gasteiger partial charge in [0.15, 0.2) is 0 Å². The molecule has 66 valence electrons. The monoisotopic (exact) mass is 158 g/mol. The fraction of sp³-hybridized carbons (Fsp3) is 1.00. The van der Waals surface area contributed by atoms with E-state index in [-0.39, 0.29) is 0 Å². The number of methoxy groups -OCH3 is 2. The lowest BCUT2D eigenvalue weighted by Gasteiger charge is -1.98. The quantitative estimate of drug-likeness (QED) is 0.392. The van der Waals surface area contributed by atoms with Crippen molar-refractivity contribution in [3.05, 3.63) is 0 Å². The first kappa shape index (κ1) is 11.0. The van der Waals surface area contributed by atoms with Crippen LogP contribution >= 0.6 is 0 Å². The van der Waals surface area contributed by atoms with E-state index in [0.717, 1.165) is 13.2 Å². The molecule has 0 aromatic heterocycles. The SMILES string of the molecule is COCCCBCCCOC. The average Bonchev–Trinajstić information content (AvgIpc) is 2.03. The molecule has 0 aliphatic heterocycles. The van der Waals surface area contributed by atoms with Crippen LogP contribution in [0.2, 0.25) is 12.6 Å². The van der Waals surface area contributed by atoms with Gasteiger partial charge in [-0.1, -0.05) is 12.6 Å². The van der Waals surface area contributed by atoms with Crippen molar-refractivity contribution in [2.45, 2.75) is 25.5 Å². The van der Waals surface area contributed by atoms with Gasteiger partial charge in [-0.2, -0.15) is 0 Å². The molecular formula is C8H19BO2. The fourth-order valence-corrected chi connectivity index (χ4v) is 1.02. The Hall–Kier alpha value is -0.0151. The average molecular weight is 158 g/mol. The fourth-order valence-electron chi connectivity index (χ4n) is 1.02. The van der Waals surface area contributed by atoms with Crippen LogP contribution in [0.4, 0.5) is 0 Å². The highest BCUT2D eigenvalue weighted by Gasteiger charge is 1.91. The molecule has 0 N–H and O–H groups in total. The van der Waals surface area contributed by atoms with Crippen LogP contribution in [0, 0.1) is 0 Å². The second kappa shape index (κ2) is 9.98. The predicted octanol–water partition coefficient (Wildman–Crippen LogP) is 1.33. The Labute approximate surface area is 70.5 Å². The maximum atomic E-state index is 4.94. The molecule has 0 aromatic rings. The molecule has 0 spiro atoms. The molecule has 3 heteroatoms. The van der Waals surface area contributed by atoms with Gasteiger partial charge in [0.1, 0.15) is 7.28 Å². The molecule has 0 aliphatic carbocycles. The zero-order valence-electron chi connectivity index (χ0n) is 7.77. The van der Waals surface area contributed by atoms with Crippen molar-refractivity contribution < 1.29 is 9.47 Å². The van der Waals surface area contributed by atoms with Gasteiger partial charge in [-0.05, 0) is 12.8 Å².